The third-order valence-electron chi connectivity index (χ3n) is 4.41. The summed E-state index contributed by atoms with van der Waals surface area (Å²) in [5.41, 5.74) is 1.21. The lowest BCUT2D eigenvalue weighted by Gasteiger charge is -2.35. The molecule has 2 fully saturated rings. The van der Waals surface area contributed by atoms with Gasteiger partial charge in [-0.15, -0.1) is 0 Å². The molecule has 2 aliphatic heterocycles. The van der Waals surface area contributed by atoms with E-state index in [1.54, 1.807) is 0 Å². The van der Waals surface area contributed by atoms with Gasteiger partial charge in [0.15, 0.2) is 0 Å². The van der Waals surface area contributed by atoms with Gasteiger partial charge in [0.25, 0.3) is 0 Å². The molecule has 2 aliphatic rings. The van der Waals surface area contributed by atoms with Gasteiger partial charge in [-0.3, -0.25) is 4.79 Å². The summed E-state index contributed by atoms with van der Waals surface area (Å²) in [7, 11) is 2.15. The van der Waals surface area contributed by atoms with E-state index < -0.39 is 0 Å². The molecule has 0 spiro atoms. The Morgan fingerprint density at radius 3 is 2.80 bits per heavy atom. The number of carbonyl (C=O) groups is 1. The van der Waals surface area contributed by atoms with Gasteiger partial charge < -0.3 is 14.7 Å². The Morgan fingerprint density at radius 1 is 1.25 bits per heavy atom. The van der Waals surface area contributed by atoms with Gasteiger partial charge in [0.05, 0.1) is 6.04 Å². The molecule has 0 N–H and O–H groups in total. The fourth-order valence-corrected chi connectivity index (χ4v) is 3.20. The number of likely N-dealkylation sites (tertiary alicyclic amines) is 1. The van der Waals surface area contributed by atoms with Gasteiger partial charge in [0.1, 0.15) is 5.82 Å². The lowest BCUT2D eigenvalue weighted by Crippen LogP contribution is -2.45. The smallest absolute Gasteiger partial charge is 0.210 e. The summed E-state index contributed by atoms with van der Waals surface area (Å²) in [6.07, 6.45) is 4.97. The normalized spacial score (nSPS) is 24.1. The molecule has 3 heterocycles. The van der Waals surface area contributed by atoms with Gasteiger partial charge in [-0.2, -0.15) is 0 Å². The molecule has 1 aromatic rings. The molecule has 3 rings (SSSR count). The zero-order chi connectivity index (χ0) is 13.9. The first-order valence-corrected chi connectivity index (χ1v) is 7.39. The zero-order valence-electron chi connectivity index (χ0n) is 12.0. The van der Waals surface area contributed by atoms with Crippen molar-refractivity contribution < 1.29 is 4.79 Å². The highest BCUT2D eigenvalue weighted by atomic mass is 16.1. The van der Waals surface area contributed by atoms with E-state index in [1.165, 1.54) is 5.56 Å². The molecule has 5 heteroatoms. The van der Waals surface area contributed by atoms with Gasteiger partial charge >= 0.3 is 0 Å². The Hall–Kier alpha value is -1.62. The number of anilines is 1. The van der Waals surface area contributed by atoms with E-state index in [-0.39, 0.29) is 6.04 Å². The number of amides is 1. The topological polar surface area (TPSA) is 39.7 Å². The first kappa shape index (κ1) is 13.4. The Morgan fingerprint density at radius 2 is 2.05 bits per heavy atom. The fourth-order valence-electron chi connectivity index (χ4n) is 3.20. The number of nitrogens with zero attached hydrogens (tertiary/aromatic N) is 4. The minimum Gasteiger partial charge on any atom is -0.354 e. The van der Waals surface area contributed by atoms with E-state index in [0.29, 0.717) is 0 Å². The summed E-state index contributed by atoms with van der Waals surface area (Å²) in [6.45, 7) is 5.02. The van der Waals surface area contributed by atoms with Crippen molar-refractivity contribution in [3.8, 4) is 0 Å². The lowest BCUT2D eigenvalue weighted by molar-refractivity contribution is -0.118. The number of piperazine rings is 1. The molecule has 0 radical (unpaired) electrons. The van der Waals surface area contributed by atoms with Crippen molar-refractivity contribution >= 4 is 12.2 Å². The molecule has 0 saturated carbocycles. The number of pyridine rings is 1. The highest BCUT2D eigenvalue weighted by Crippen LogP contribution is 2.35. The molecule has 0 bridgehead atoms. The van der Waals surface area contributed by atoms with Crippen molar-refractivity contribution in [1.29, 1.82) is 0 Å². The van der Waals surface area contributed by atoms with E-state index >= 15 is 0 Å². The maximum atomic E-state index is 11.2. The van der Waals surface area contributed by atoms with Gasteiger partial charge in [0.2, 0.25) is 6.41 Å². The summed E-state index contributed by atoms with van der Waals surface area (Å²) >= 11 is 0. The van der Waals surface area contributed by atoms with Gasteiger partial charge in [-0.1, -0.05) is 6.07 Å². The molecule has 1 atom stereocenters. The number of rotatable bonds is 3. The Labute approximate surface area is 120 Å². The lowest BCUT2D eigenvalue weighted by atomic mass is 10.0. The van der Waals surface area contributed by atoms with Crippen LogP contribution in [0.2, 0.25) is 0 Å². The van der Waals surface area contributed by atoms with Crippen LogP contribution in [0.15, 0.2) is 18.3 Å². The van der Waals surface area contributed by atoms with E-state index in [1.807, 2.05) is 17.2 Å². The first-order valence-electron chi connectivity index (χ1n) is 7.39. The maximum Gasteiger partial charge on any atom is 0.210 e. The number of hydrogen-bond donors (Lipinski definition) is 0. The first-order chi connectivity index (χ1) is 9.79. The second-order valence-electron chi connectivity index (χ2n) is 5.71. The zero-order valence-corrected chi connectivity index (χ0v) is 12.0. The van der Waals surface area contributed by atoms with E-state index in [2.05, 4.69) is 27.9 Å². The molecule has 20 heavy (non-hydrogen) atoms. The molecular weight excluding hydrogens is 252 g/mol. The molecule has 5 nitrogen and oxygen atoms in total. The average Bonchev–Trinajstić information content (AvgIpc) is 2.96. The van der Waals surface area contributed by atoms with Crippen LogP contribution in [0.3, 0.4) is 0 Å². The minimum absolute atomic E-state index is 0.204. The number of aromatic nitrogens is 1. The largest absolute Gasteiger partial charge is 0.354 e. The van der Waals surface area contributed by atoms with Crippen LogP contribution in [0.4, 0.5) is 5.82 Å². The highest BCUT2D eigenvalue weighted by Gasteiger charge is 2.29. The standard InChI is InChI=1S/C15H22N4O/c1-17-8-10-18(11-9-17)15-13(4-2-6-16-15)14-5-3-7-19(14)12-20/h2,4,6,12,14H,3,5,7-11H2,1H3/t14-/m0/s1. The van der Waals surface area contributed by atoms with Crippen LogP contribution in [-0.4, -0.2) is 61.0 Å². The summed E-state index contributed by atoms with van der Waals surface area (Å²) < 4.78 is 0. The monoisotopic (exact) mass is 274 g/mol. The second kappa shape index (κ2) is 5.79. The number of carbonyl (C=O) groups excluding carboxylic acids is 1. The minimum atomic E-state index is 0.204. The molecule has 1 amide bonds. The Balaban J connectivity index is 1.86. The van der Waals surface area contributed by atoms with Crippen LogP contribution in [-0.2, 0) is 4.79 Å². The van der Waals surface area contributed by atoms with Crippen LogP contribution in [0.5, 0.6) is 0 Å². The van der Waals surface area contributed by atoms with Crippen LogP contribution in [0, 0.1) is 0 Å². The van der Waals surface area contributed by atoms with E-state index in [4.69, 9.17) is 0 Å². The van der Waals surface area contributed by atoms with Crippen molar-refractivity contribution in [2.45, 2.75) is 18.9 Å². The quantitative estimate of drug-likeness (QED) is 0.775. The third-order valence-corrected chi connectivity index (χ3v) is 4.41. The molecule has 1 aromatic heterocycles. The average molecular weight is 274 g/mol. The molecule has 2 saturated heterocycles. The summed E-state index contributed by atoms with van der Waals surface area (Å²) in [5.74, 6) is 1.07. The maximum absolute atomic E-state index is 11.2. The van der Waals surface area contributed by atoms with Gasteiger partial charge in [0, 0.05) is 44.5 Å². The predicted octanol–water partition coefficient (Wildman–Crippen LogP) is 1.13. The van der Waals surface area contributed by atoms with Gasteiger partial charge in [-0.25, -0.2) is 4.98 Å². The molecule has 0 aromatic carbocycles. The van der Waals surface area contributed by atoms with Crippen LogP contribution in [0.1, 0.15) is 24.4 Å². The SMILES string of the molecule is CN1CCN(c2ncccc2[C@@H]2CCCN2C=O)CC1. The Kier molecular flexibility index (Phi) is 3.87. The van der Waals surface area contributed by atoms with Crippen molar-refractivity contribution in [3.63, 3.8) is 0 Å². The highest BCUT2D eigenvalue weighted by molar-refractivity contribution is 5.54. The van der Waals surface area contributed by atoms with E-state index in [0.717, 1.165) is 57.8 Å². The summed E-state index contributed by atoms with van der Waals surface area (Å²) in [4.78, 5) is 22.4. The van der Waals surface area contributed by atoms with E-state index in [9.17, 15) is 4.79 Å². The van der Waals surface area contributed by atoms with Crippen LogP contribution < -0.4 is 4.90 Å². The van der Waals surface area contributed by atoms with Crippen LogP contribution >= 0.6 is 0 Å². The van der Waals surface area contributed by atoms with Gasteiger partial charge in [-0.05, 0) is 26.0 Å². The van der Waals surface area contributed by atoms with Crippen molar-refractivity contribution in [1.82, 2.24) is 14.8 Å². The molecular formula is C15H22N4O. The molecule has 108 valence electrons. The summed E-state index contributed by atoms with van der Waals surface area (Å²) in [6, 6.07) is 4.32. The fraction of sp³-hybridized carbons (Fsp3) is 0.600. The number of hydrogen-bond acceptors (Lipinski definition) is 4. The second-order valence-corrected chi connectivity index (χ2v) is 5.71. The predicted molar refractivity (Wildman–Crippen MR) is 78.7 cm³/mol. The summed E-state index contributed by atoms with van der Waals surface area (Å²) in [5, 5.41) is 0. The van der Waals surface area contributed by atoms with Crippen molar-refractivity contribution in [2.24, 2.45) is 0 Å². The van der Waals surface area contributed by atoms with Crippen molar-refractivity contribution in [3.05, 3.63) is 23.9 Å². The number of likely N-dealkylation sites (N-methyl/N-ethyl adjacent to an activating group) is 1. The third kappa shape index (κ3) is 2.50. The van der Waals surface area contributed by atoms with Crippen LogP contribution in [0.25, 0.3) is 0 Å². The van der Waals surface area contributed by atoms with Crippen molar-refractivity contribution in [2.75, 3.05) is 44.7 Å². The molecule has 0 unspecified atom stereocenters. The molecule has 0 aliphatic carbocycles. The Bertz CT molecular complexity index is 471.